The van der Waals surface area contributed by atoms with Gasteiger partial charge >= 0.3 is 5.97 Å². The van der Waals surface area contributed by atoms with Crippen LogP contribution in [0.5, 0.6) is 0 Å². The van der Waals surface area contributed by atoms with E-state index in [9.17, 15) is 14.7 Å². The Morgan fingerprint density at radius 3 is 2.58 bits per heavy atom. The number of aryl methyl sites for hydroxylation is 1. The van der Waals surface area contributed by atoms with E-state index in [2.05, 4.69) is 10.4 Å². The van der Waals surface area contributed by atoms with E-state index >= 15 is 0 Å². The average Bonchev–Trinajstić information content (AvgIpc) is 2.93. The number of nitrogens with zero attached hydrogens (tertiary/aromatic N) is 2. The third kappa shape index (κ3) is 4.35. The number of carboxylic acid groups (broad SMARTS) is 1. The van der Waals surface area contributed by atoms with Crippen molar-refractivity contribution in [1.82, 2.24) is 15.1 Å². The van der Waals surface area contributed by atoms with Crippen molar-refractivity contribution in [3.05, 3.63) is 46.7 Å². The van der Waals surface area contributed by atoms with Gasteiger partial charge in [0.05, 0.1) is 16.9 Å². The van der Waals surface area contributed by atoms with Gasteiger partial charge in [-0.05, 0) is 37.6 Å². The summed E-state index contributed by atoms with van der Waals surface area (Å²) in [6.07, 6.45) is 3.60. The SMILES string of the molecule is CCCC[C@H](NC(=O)c1cn(-c2ccc(Cl)cc2)nc1C)C(=O)O. The fraction of sp³-hybridized carbons (Fsp3) is 0.353. The molecule has 6 nitrogen and oxygen atoms in total. The predicted octanol–water partition coefficient (Wildman–Crippen LogP) is 3.21. The Bertz CT molecular complexity index is 725. The minimum absolute atomic E-state index is 0.354. The number of nitrogens with one attached hydrogen (secondary N) is 1. The second-order valence-corrected chi connectivity index (χ2v) is 5.99. The first kappa shape index (κ1) is 18.0. The maximum absolute atomic E-state index is 12.4. The van der Waals surface area contributed by atoms with Crippen molar-refractivity contribution in [2.45, 2.75) is 39.2 Å². The van der Waals surface area contributed by atoms with E-state index in [-0.39, 0.29) is 0 Å². The molecule has 1 amide bonds. The number of halogens is 1. The van der Waals surface area contributed by atoms with Crippen LogP contribution in [0.2, 0.25) is 5.02 Å². The average molecular weight is 350 g/mol. The number of hydrogen-bond acceptors (Lipinski definition) is 3. The van der Waals surface area contributed by atoms with Crippen LogP contribution in [0, 0.1) is 6.92 Å². The first-order chi connectivity index (χ1) is 11.4. The number of hydrogen-bond donors (Lipinski definition) is 2. The molecule has 0 spiro atoms. The van der Waals surface area contributed by atoms with Gasteiger partial charge in [0, 0.05) is 11.2 Å². The highest BCUT2D eigenvalue weighted by atomic mass is 35.5. The molecule has 2 N–H and O–H groups in total. The highest BCUT2D eigenvalue weighted by Crippen LogP contribution is 2.15. The standard InChI is InChI=1S/C17H20ClN3O3/c1-3-4-5-15(17(23)24)19-16(22)14-10-21(20-11(14)2)13-8-6-12(18)7-9-13/h6-10,15H,3-5H2,1-2H3,(H,19,22)(H,23,24)/t15-/m0/s1. The highest BCUT2D eigenvalue weighted by Gasteiger charge is 2.22. The Balaban J connectivity index is 2.17. The third-order valence-electron chi connectivity index (χ3n) is 3.68. The monoisotopic (exact) mass is 349 g/mol. The lowest BCUT2D eigenvalue weighted by Gasteiger charge is -2.13. The number of aliphatic carboxylic acids is 1. The number of benzene rings is 1. The summed E-state index contributed by atoms with van der Waals surface area (Å²) in [5, 5.41) is 16.7. The number of carboxylic acids is 1. The van der Waals surface area contributed by atoms with Crippen LogP contribution in [-0.2, 0) is 4.79 Å². The van der Waals surface area contributed by atoms with Crippen molar-refractivity contribution >= 4 is 23.5 Å². The molecule has 1 atom stereocenters. The van der Waals surface area contributed by atoms with Gasteiger partial charge in [-0.2, -0.15) is 5.10 Å². The van der Waals surface area contributed by atoms with E-state index in [4.69, 9.17) is 11.6 Å². The van der Waals surface area contributed by atoms with E-state index in [1.165, 1.54) is 0 Å². The molecule has 0 bridgehead atoms. The van der Waals surface area contributed by atoms with Gasteiger partial charge in [-0.15, -0.1) is 0 Å². The molecular weight excluding hydrogens is 330 g/mol. The molecule has 0 aliphatic heterocycles. The molecule has 2 rings (SSSR count). The number of carbonyl (C=O) groups excluding carboxylic acids is 1. The van der Waals surface area contributed by atoms with E-state index in [0.29, 0.717) is 22.7 Å². The molecule has 1 aromatic heterocycles. The quantitative estimate of drug-likeness (QED) is 0.803. The van der Waals surface area contributed by atoms with Crippen molar-refractivity contribution in [2.75, 3.05) is 0 Å². The molecule has 1 heterocycles. The Labute approximate surface area is 145 Å². The Hall–Kier alpha value is -2.34. The first-order valence-corrected chi connectivity index (χ1v) is 8.16. The molecule has 0 saturated heterocycles. The number of aromatic nitrogens is 2. The molecule has 0 aliphatic rings. The van der Waals surface area contributed by atoms with Crippen LogP contribution in [0.3, 0.4) is 0 Å². The van der Waals surface area contributed by atoms with Crippen molar-refractivity contribution in [3.8, 4) is 5.69 Å². The number of carbonyl (C=O) groups is 2. The minimum atomic E-state index is -1.03. The largest absolute Gasteiger partial charge is 0.480 e. The second kappa shape index (κ2) is 7.97. The molecule has 0 fully saturated rings. The minimum Gasteiger partial charge on any atom is -0.480 e. The normalized spacial score (nSPS) is 12.0. The summed E-state index contributed by atoms with van der Waals surface area (Å²) in [4.78, 5) is 23.7. The van der Waals surface area contributed by atoms with E-state index in [0.717, 1.165) is 18.5 Å². The molecule has 2 aromatic rings. The molecule has 0 saturated carbocycles. The van der Waals surface area contributed by atoms with Gasteiger partial charge in [0.25, 0.3) is 5.91 Å². The summed E-state index contributed by atoms with van der Waals surface area (Å²) in [7, 11) is 0. The summed E-state index contributed by atoms with van der Waals surface area (Å²) in [5.41, 5.74) is 1.65. The fourth-order valence-corrected chi connectivity index (χ4v) is 2.44. The van der Waals surface area contributed by atoms with Gasteiger partial charge in [0.1, 0.15) is 6.04 Å². The Morgan fingerprint density at radius 1 is 1.33 bits per heavy atom. The third-order valence-corrected chi connectivity index (χ3v) is 3.94. The van der Waals surface area contributed by atoms with Crippen molar-refractivity contribution in [1.29, 1.82) is 0 Å². The molecule has 1 aromatic carbocycles. The van der Waals surface area contributed by atoms with E-state index in [1.54, 1.807) is 42.1 Å². The zero-order chi connectivity index (χ0) is 17.7. The summed E-state index contributed by atoms with van der Waals surface area (Å²) >= 11 is 5.87. The van der Waals surface area contributed by atoms with Crippen LogP contribution >= 0.6 is 11.6 Å². The maximum Gasteiger partial charge on any atom is 0.326 e. The van der Waals surface area contributed by atoms with E-state index in [1.807, 2.05) is 6.92 Å². The maximum atomic E-state index is 12.4. The molecule has 0 aliphatic carbocycles. The van der Waals surface area contributed by atoms with Crippen molar-refractivity contribution < 1.29 is 14.7 Å². The molecule has 0 radical (unpaired) electrons. The summed E-state index contributed by atoms with van der Waals surface area (Å²) in [5.74, 6) is -1.46. The zero-order valence-corrected chi connectivity index (χ0v) is 14.4. The molecule has 128 valence electrons. The summed E-state index contributed by atoms with van der Waals surface area (Å²) < 4.78 is 1.57. The summed E-state index contributed by atoms with van der Waals surface area (Å²) in [6.45, 7) is 3.68. The molecule has 24 heavy (non-hydrogen) atoms. The smallest absolute Gasteiger partial charge is 0.326 e. The fourth-order valence-electron chi connectivity index (χ4n) is 2.31. The summed E-state index contributed by atoms with van der Waals surface area (Å²) in [6, 6.07) is 6.16. The van der Waals surface area contributed by atoms with Gasteiger partial charge in [0.2, 0.25) is 0 Å². The van der Waals surface area contributed by atoms with Gasteiger partial charge < -0.3 is 10.4 Å². The predicted molar refractivity (Wildman–Crippen MR) is 91.7 cm³/mol. The lowest BCUT2D eigenvalue weighted by atomic mass is 10.1. The topological polar surface area (TPSA) is 84.2 Å². The van der Waals surface area contributed by atoms with Crippen LogP contribution in [0.1, 0.15) is 42.2 Å². The van der Waals surface area contributed by atoms with Crippen LogP contribution in [0.4, 0.5) is 0 Å². The lowest BCUT2D eigenvalue weighted by Crippen LogP contribution is -2.40. The van der Waals surface area contributed by atoms with Crippen LogP contribution < -0.4 is 5.32 Å². The number of rotatable bonds is 7. The van der Waals surface area contributed by atoms with Gasteiger partial charge in [-0.25, -0.2) is 9.48 Å². The number of amides is 1. The Morgan fingerprint density at radius 2 is 2.00 bits per heavy atom. The van der Waals surface area contributed by atoms with Crippen molar-refractivity contribution in [3.63, 3.8) is 0 Å². The lowest BCUT2D eigenvalue weighted by molar-refractivity contribution is -0.139. The number of unbranched alkanes of at least 4 members (excludes halogenated alkanes) is 1. The molecular formula is C17H20ClN3O3. The van der Waals surface area contributed by atoms with Crippen LogP contribution in [0.25, 0.3) is 5.69 Å². The Kier molecular flexibility index (Phi) is 5.98. The highest BCUT2D eigenvalue weighted by molar-refractivity contribution is 6.30. The molecule has 7 heteroatoms. The van der Waals surface area contributed by atoms with Crippen LogP contribution in [-0.4, -0.2) is 32.8 Å². The van der Waals surface area contributed by atoms with Gasteiger partial charge in [0.15, 0.2) is 0 Å². The molecule has 0 unspecified atom stereocenters. The zero-order valence-electron chi connectivity index (χ0n) is 13.6. The first-order valence-electron chi connectivity index (χ1n) is 7.78. The second-order valence-electron chi connectivity index (χ2n) is 5.56. The van der Waals surface area contributed by atoms with Crippen molar-refractivity contribution in [2.24, 2.45) is 0 Å². The van der Waals surface area contributed by atoms with Gasteiger partial charge in [-0.1, -0.05) is 31.4 Å². The van der Waals surface area contributed by atoms with Crippen LogP contribution in [0.15, 0.2) is 30.5 Å². The van der Waals surface area contributed by atoms with E-state index < -0.39 is 17.9 Å². The van der Waals surface area contributed by atoms with Gasteiger partial charge in [-0.3, -0.25) is 4.79 Å².